The van der Waals surface area contributed by atoms with E-state index < -0.39 is 11.9 Å². The third kappa shape index (κ3) is 17.1. The number of carbonyl (C=O) groups is 2. The van der Waals surface area contributed by atoms with Gasteiger partial charge in [-0.1, -0.05) is 69.1 Å². The second-order valence-electron chi connectivity index (χ2n) is 8.21. The zero-order valence-electron chi connectivity index (χ0n) is 20.0. The average molecular weight is 513 g/mol. The number of benzene rings is 2. The average Bonchev–Trinajstić information content (AvgIpc) is 3.58. The Morgan fingerprint density at radius 1 is 1.06 bits per heavy atom. The highest BCUT2D eigenvalue weighted by Gasteiger charge is 2.22. The van der Waals surface area contributed by atoms with Crippen LogP contribution in [0.5, 0.6) is 0 Å². The fourth-order valence-corrected chi connectivity index (χ4v) is 2.73. The van der Waals surface area contributed by atoms with Crippen LogP contribution in [-0.4, -0.2) is 35.0 Å². The van der Waals surface area contributed by atoms with Gasteiger partial charge in [0.1, 0.15) is 0 Å². The molecule has 8 heteroatoms. The molecule has 0 saturated carbocycles. The van der Waals surface area contributed by atoms with Gasteiger partial charge in [-0.2, -0.15) is 5.26 Å². The van der Waals surface area contributed by atoms with Crippen molar-refractivity contribution in [3.63, 3.8) is 0 Å². The van der Waals surface area contributed by atoms with E-state index in [-0.39, 0.29) is 11.1 Å². The van der Waals surface area contributed by atoms with Crippen LogP contribution in [0.15, 0.2) is 61.2 Å². The Balaban J connectivity index is 0.000000440. The van der Waals surface area contributed by atoms with Crippen LogP contribution in [0.4, 0.5) is 0 Å². The summed E-state index contributed by atoms with van der Waals surface area (Å²) in [6, 6.07) is 12.2. The SMILES string of the molecule is C=CCC(C)C.CC(C)CC1CO1.O=C(O)c1cccc(Cl)c1.O=C(OO)c1cccc(Cl)c1. The summed E-state index contributed by atoms with van der Waals surface area (Å²) >= 11 is 11.1. The van der Waals surface area contributed by atoms with E-state index >= 15 is 0 Å². The van der Waals surface area contributed by atoms with Gasteiger partial charge in [0.15, 0.2) is 0 Å². The largest absolute Gasteiger partial charge is 0.478 e. The molecular weight excluding hydrogens is 479 g/mol. The van der Waals surface area contributed by atoms with Crippen molar-refractivity contribution in [2.24, 2.45) is 11.8 Å². The summed E-state index contributed by atoms with van der Waals surface area (Å²) in [7, 11) is 0. The normalized spacial score (nSPS) is 13.3. The Bertz CT molecular complexity index is 879. The second kappa shape index (κ2) is 18.0. The number of carboxylic acids is 1. The predicted octanol–water partition coefficient (Wildman–Crippen LogP) is 7.66. The molecule has 0 radical (unpaired) electrons. The summed E-state index contributed by atoms with van der Waals surface area (Å²) in [5.41, 5.74) is 0.438. The Labute approximate surface area is 212 Å². The summed E-state index contributed by atoms with van der Waals surface area (Å²) in [5.74, 6) is -0.176. The number of ether oxygens (including phenoxy) is 1. The van der Waals surface area contributed by atoms with Crippen LogP contribution in [0, 0.1) is 11.8 Å². The maximum atomic E-state index is 10.6. The number of hydrogen-bond acceptors (Lipinski definition) is 5. The molecule has 2 N–H and O–H groups in total. The fourth-order valence-electron chi connectivity index (χ4n) is 2.35. The summed E-state index contributed by atoms with van der Waals surface area (Å²) in [4.78, 5) is 24.4. The van der Waals surface area contributed by atoms with Crippen molar-refractivity contribution >= 4 is 35.1 Å². The molecule has 2 aromatic carbocycles. The number of carbonyl (C=O) groups excluding carboxylic acids is 1. The number of epoxide rings is 1. The van der Waals surface area contributed by atoms with Crippen molar-refractivity contribution < 1.29 is 29.6 Å². The molecule has 2 aromatic rings. The van der Waals surface area contributed by atoms with E-state index in [4.69, 9.17) is 38.3 Å². The van der Waals surface area contributed by atoms with Gasteiger partial charge in [-0.05, 0) is 61.1 Å². The quantitative estimate of drug-likeness (QED) is 0.178. The molecule has 1 saturated heterocycles. The van der Waals surface area contributed by atoms with E-state index in [9.17, 15) is 9.59 Å². The van der Waals surface area contributed by atoms with Gasteiger partial charge in [-0.25, -0.2) is 9.59 Å². The molecule has 6 nitrogen and oxygen atoms in total. The predicted molar refractivity (Wildman–Crippen MR) is 137 cm³/mol. The van der Waals surface area contributed by atoms with E-state index in [1.807, 2.05) is 6.08 Å². The van der Waals surface area contributed by atoms with Crippen LogP contribution in [0.3, 0.4) is 0 Å². The van der Waals surface area contributed by atoms with Crippen LogP contribution in [0.25, 0.3) is 0 Å². The van der Waals surface area contributed by atoms with Gasteiger partial charge in [-0.3, -0.25) is 4.89 Å². The summed E-state index contributed by atoms with van der Waals surface area (Å²) in [6.45, 7) is 13.4. The lowest BCUT2D eigenvalue weighted by molar-refractivity contribution is -0.182. The maximum absolute atomic E-state index is 10.6. The minimum atomic E-state index is -0.956. The van der Waals surface area contributed by atoms with Gasteiger partial charge in [-0.15, -0.1) is 6.58 Å². The highest BCUT2D eigenvalue weighted by atomic mass is 35.5. The summed E-state index contributed by atoms with van der Waals surface area (Å²) in [5, 5.41) is 17.3. The maximum Gasteiger partial charge on any atom is 0.372 e. The number of hydrogen-bond donors (Lipinski definition) is 2. The standard InChI is InChI=1S/C7H5ClO3.C7H5ClO2.C6H12O.C6H12/c8-6-3-1-2-5(4-6)7(9)11-10;8-6-3-1-2-5(4-6)7(9)10;1-5(2)3-6-4-7-6;1-4-5-6(2)3/h1-4,10H;1-4H,(H,9,10);5-6H,3-4H2,1-2H3;4,6H,1,5H2,2-3H3. The summed E-state index contributed by atoms with van der Waals surface area (Å²) < 4.78 is 5.02. The third-order valence-electron chi connectivity index (χ3n) is 3.99. The van der Waals surface area contributed by atoms with Gasteiger partial charge >= 0.3 is 11.9 Å². The Kier molecular flexibility index (Phi) is 16.8. The van der Waals surface area contributed by atoms with Gasteiger partial charge in [0.05, 0.1) is 23.8 Å². The molecule has 34 heavy (non-hydrogen) atoms. The van der Waals surface area contributed by atoms with E-state index in [0.29, 0.717) is 16.1 Å². The van der Waals surface area contributed by atoms with Gasteiger partial charge < -0.3 is 9.84 Å². The number of rotatable bonds is 6. The Morgan fingerprint density at radius 3 is 1.82 bits per heavy atom. The van der Waals surface area contributed by atoms with Crippen molar-refractivity contribution in [3.8, 4) is 0 Å². The van der Waals surface area contributed by atoms with Crippen LogP contribution in [0.2, 0.25) is 10.0 Å². The molecule has 0 amide bonds. The molecule has 0 aromatic heterocycles. The van der Waals surface area contributed by atoms with E-state index in [0.717, 1.165) is 24.9 Å². The van der Waals surface area contributed by atoms with Gasteiger partial charge in [0, 0.05) is 10.0 Å². The molecule has 188 valence electrons. The first-order valence-corrected chi connectivity index (χ1v) is 11.6. The number of halogens is 2. The lowest BCUT2D eigenvalue weighted by atomic mass is 10.1. The van der Waals surface area contributed by atoms with Gasteiger partial charge in [0.25, 0.3) is 0 Å². The van der Waals surface area contributed by atoms with Crippen LogP contribution >= 0.6 is 23.2 Å². The highest BCUT2D eigenvalue weighted by Crippen LogP contribution is 2.18. The fraction of sp³-hybridized carbons (Fsp3) is 0.385. The molecule has 3 rings (SSSR count). The van der Waals surface area contributed by atoms with E-state index in [1.54, 1.807) is 24.3 Å². The topological polar surface area (TPSA) is 96.4 Å². The first kappa shape index (κ1) is 31.6. The minimum Gasteiger partial charge on any atom is -0.478 e. The number of allylic oxidation sites excluding steroid dienone is 1. The number of aromatic carboxylic acids is 1. The van der Waals surface area contributed by atoms with Crippen molar-refractivity contribution in [3.05, 3.63) is 82.4 Å². The molecule has 0 bridgehead atoms. The zero-order valence-corrected chi connectivity index (χ0v) is 21.6. The Morgan fingerprint density at radius 2 is 1.56 bits per heavy atom. The zero-order chi connectivity index (χ0) is 26.1. The molecule has 1 atom stereocenters. The molecule has 1 fully saturated rings. The molecule has 1 aliphatic rings. The summed E-state index contributed by atoms with van der Waals surface area (Å²) in [6.07, 6.45) is 4.96. The van der Waals surface area contributed by atoms with Crippen molar-refractivity contribution in [2.45, 2.75) is 46.6 Å². The smallest absolute Gasteiger partial charge is 0.372 e. The molecule has 0 spiro atoms. The second-order valence-corrected chi connectivity index (χ2v) is 9.08. The van der Waals surface area contributed by atoms with Crippen molar-refractivity contribution in [1.29, 1.82) is 0 Å². The van der Waals surface area contributed by atoms with E-state index in [2.05, 4.69) is 39.2 Å². The Hall–Kier alpha value is -2.38. The van der Waals surface area contributed by atoms with E-state index in [1.165, 1.54) is 30.7 Å². The monoisotopic (exact) mass is 512 g/mol. The first-order valence-electron chi connectivity index (χ1n) is 10.8. The van der Waals surface area contributed by atoms with Gasteiger partial charge in [0.2, 0.25) is 0 Å². The molecule has 1 unspecified atom stereocenters. The van der Waals surface area contributed by atoms with Crippen molar-refractivity contribution in [2.75, 3.05) is 6.61 Å². The molecule has 1 heterocycles. The molecule has 1 aliphatic heterocycles. The van der Waals surface area contributed by atoms with Crippen LogP contribution in [-0.2, 0) is 9.62 Å². The highest BCUT2D eigenvalue weighted by molar-refractivity contribution is 6.31. The lowest BCUT2D eigenvalue weighted by Crippen LogP contribution is -2.00. The lowest BCUT2D eigenvalue weighted by Gasteiger charge is -1.95. The van der Waals surface area contributed by atoms with Crippen LogP contribution in [0.1, 0.15) is 61.3 Å². The third-order valence-corrected chi connectivity index (χ3v) is 4.46. The first-order chi connectivity index (χ1) is 16.0. The van der Waals surface area contributed by atoms with Crippen molar-refractivity contribution in [1.82, 2.24) is 0 Å². The minimum absolute atomic E-state index is 0.215. The molecule has 0 aliphatic carbocycles. The van der Waals surface area contributed by atoms with Crippen LogP contribution < -0.4 is 0 Å². The number of carboxylic acid groups (broad SMARTS) is 1. The molecular formula is C26H34Cl2O6.